The second-order valence-electron chi connectivity index (χ2n) is 4.08. The van der Waals surface area contributed by atoms with Crippen LogP contribution < -0.4 is 10.1 Å². The van der Waals surface area contributed by atoms with Crippen molar-refractivity contribution in [2.75, 3.05) is 7.05 Å². The summed E-state index contributed by atoms with van der Waals surface area (Å²) < 4.78 is 7.62. The summed E-state index contributed by atoms with van der Waals surface area (Å²) >= 11 is 5.85. The van der Waals surface area contributed by atoms with Crippen LogP contribution in [0.1, 0.15) is 11.3 Å². The van der Waals surface area contributed by atoms with Gasteiger partial charge in [-0.05, 0) is 38.2 Å². The fraction of sp³-hybridized carbons (Fsp3) is 0.308. The maximum atomic E-state index is 5.87. The Morgan fingerprint density at radius 2 is 2.00 bits per heavy atom. The molecule has 18 heavy (non-hydrogen) atoms. The molecule has 0 unspecified atom stereocenters. The minimum absolute atomic E-state index is 0.694. The fourth-order valence-corrected chi connectivity index (χ4v) is 1.93. The van der Waals surface area contributed by atoms with E-state index < -0.39 is 0 Å². The zero-order valence-corrected chi connectivity index (χ0v) is 11.5. The second kappa shape index (κ2) is 5.42. The van der Waals surface area contributed by atoms with E-state index in [4.69, 9.17) is 16.3 Å². The lowest BCUT2D eigenvalue weighted by molar-refractivity contribution is 0.424. The van der Waals surface area contributed by atoms with Crippen LogP contribution in [0.4, 0.5) is 0 Å². The third-order valence-corrected chi connectivity index (χ3v) is 2.92. The normalized spacial score (nSPS) is 10.7. The topological polar surface area (TPSA) is 39.1 Å². The third-order valence-electron chi connectivity index (χ3n) is 2.67. The Balaban J connectivity index is 2.30. The number of ether oxygens (including phenoxy) is 1. The zero-order chi connectivity index (χ0) is 13.1. The summed E-state index contributed by atoms with van der Waals surface area (Å²) in [5.74, 6) is 1.50. The predicted octanol–water partition coefficient (Wildman–Crippen LogP) is 2.89. The maximum Gasteiger partial charge on any atom is 0.222 e. The summed E-state index contributed by atoms with van der Waals surface area (Å²) in [6.07, 6.45) is 0. The van der Waals surface area contributed by atoms with E-state index in [0.29, 0.717) is 5.02 Å². The van der Waals surface area contributed by atoms with Crippen molar-refractivity contribution < 1.29 is 4.74 Å². The van der Waals surface area contributed by atoms with Gasteiger partial charge in [-0.15, -0.1) is 0 Å². The number of benzene rings is 1. The summed E-state index contributed by atoms with van der Waals surface area (Å²) in [5.41, 5.74) is 2.03. The molecular weight excluding hydrogens is 250 g/mol. The maximum absolute atomic E-state index is 5.87. The van der Waals surface area contributed by atoms with Gasteiger partial charge in [-0.3, -0.25) is 0 Å². The van der Waals surface area contributed by atoms with Crippen molar-refractivity contribution in [1.82, 2.24) is 15.1 Å². The van der Waals surface area contributed by atoms with E-state index in [1.54, 1.807) is 16.8 Å². The van der Waals surface area contributed by atoms with Crippen LogP contribution in [0, 0.1) is 6.92 Å². The van der Waals surface area contributed by atoms with Gasteiger partial charge >= 0.3 is 0 Å². The van der Waals surface area contributed by atoms with Crippen LogP contribution in [0.3, 0.4) is 0 Å². The molecule has 96 valence electrons. The first kappa shape index (κ1) is 12.9. The van der Waals surface area contributed by atoms with E-state index >= 15 is 0 Å². The van der Waals surface area contributed by atoms with Gasteiger partial charge in [-0.25, -0.2) is 4.68 Å². The number of nitrogens with one attached hydrogen (secondary N) is 1. The van der Waals surface area contributed by atoms with Gasteiger partial charge in [0.15, 0.2) is 0 Å². The summed E-state index contributed by atoms with van der Waals surface area (Å²) in [7, 11) is 3.77. The number of rotatable bonds is 4. The summed E-state index contributed by atoms with van der Waals surface area (Å²) in [6, 6.07) is 7.29. The third kappa shape index (κ3) is 2.66. The van der Waals surface area contributed by atoms with E-state index in [1.807, 2.05) is 33.2 Å². The zero-order valence-electron chi connectivity index (χ0n) is 10.7. The molecule has 0 atom stereocenters. The van der Waals surface area contributed by atoms with Crippen LogP contribution in [-0.4, -0.2) is 16.8 Å². The summed E-state index contributed by atoms with van der Waals surface area (Å²) in [5, 5.41) is 8.18. The molecule has 0 amide bonds. The Hall–Kier alpha value is -1.52. The first-order valence-electron chi connectivity index (χ1n) is 5.72. The monoisotopic (exact) mass is 265 g/mol. The van der Waals surface area contributed by atoms with Crippen molar-refractivity contribution in [3.63, 3.8) is 0 Å². The van der Waals surface area contributed by atoms with Crippen molar-refractivity contribution in [1.29, 1.82) is 0 Å². The van der Waals surface area contributed by atoms with E-state index in [2.05, 4.69) is 10.4 Å². The average Bonchev–Trinajstić information content (AvgIpc) is 2.59. The molecular formula is C13H16ClN3O. The molecule has 0 saturated heterocycles. The minimum atomic E-state index is 0.694. The molecule has 0 radical (unpaired) electrons. The molecule has 2 aromatic rings. The van der Waals surface area contributed by atoms with Crippen molar-refractivity contribution >= 4 is 11.6 Å². The Bertz CT molecular complexity index is 534. The molecule has 1 aromatic carbocycles. The van der Waals surface area contributed by atoms with E-state index in [-0.39, 0.29) is 0 Å². The number of aryl methyl sites for hydroxylation is 2. The van der Waals surface area contributed by atoms with Crippen molar-refractivity contribution in [3.05, 3.63) is 40.5 Å². The van der Waals surface area contributed by atoms with Gasteiger partial charge in [0.05, 0.1) is 11.3 Å². The van der Waals surface area contributed by atoms with Gasteiger partial charge in [0.1, 0.15) is 5.75 Å². The van der Waals surface area contributed by atoms with Gasteiger partial charge < -0.3 is 10.1 Å². The SMILES string of the molecule is CNCc1c(C)nn(C)c1Oc1ccc(Cl)cc1. The molecule has 0 aliphatic heterocycles. The molecule has 5 heteroatoms. The van der Waals surface area contributed by atoms with Crippen LogP contribution in [0.5, 0.6) is 11.6 Å². The molecule has 1 heterocycles. The highest BCUT2D eigenvalue weighted by Gasteiger charge is 2.14. The molecule has 0 aliphatic rings. The average molecular weight is 266 g/mol. The molecule has 2 rings (SSSR count). The van der Waals surface area contributed by atoms with Gasteiger partial charge in [-0.2, -0.15) is 5.10 Å². The highest BCUT2D eigenvalue weighted by atomic mass is 35.5. The second-order valence-corrected chi connectivity index (χ2v) is 4.52. The predicted molar refractivity (Wildman–Crippen MR) is 72.2 cm³/mol. The molecule has 0 aliphatic carbocycles. The van der Waals surface area contributed by atoms with Crippen LogP contribution in [-0.2, 0) is 13.6 Å². The molecule has 1 N–H and O–H groups in total. The highest BCUT2D eigenvalue weighted by molar-refractivity contribution is 6.30. The molecule has 0 fully saturated rings. The van der Waals surface area contributed by atoms with E-state index in [9.17, 15) is 0 Å². The number of halogens is 1. The van der Waals surface area contributed by atoms with Gasteiger partial charge in [-0.1, -0.05) is 11.6 Å². The lowest BCUT2D eigenvalue weighted by Crippen LogP contribution is -2.07. The Morgan fingerprint density at radius 3 is 2.61 bits per heavy atom. The highest BCUT2D eigenvalue weighted by Crippen LogP contribution is 2.27. The van der Waals surface area contributed by atoms with Crippen LogP contribution in [0.15, 0.2) is 24.3 Å². The Kier molecular flexibility index (Phi) is 3.89. The standard InChI is InChI=1S/C13H16ClN3O/c1-9-12(8-15-2)13(17(3)16-9)18-11-6-4-10(14)5-7-11/h4-7,15H,8H2,1-3H3. The quantitative estimate of drug-likeness (QED) is 0.924. The lowest BCUT2D eigenvalue weighted by Gasteiger charge is -2.08. The van der Waals surface area contributed by atoms with Crippen molar-refractivity contribution in [2.24, 2.45) is 7.05 Å². The molecule has 4 nitrogen and oxygen atoms in total. The Morgan fingerprint density at radius 1 is 1.33 bits per heavy atom. The van der Waals surface area contributed by atoms with Crippen LogP contribution >= 0.6 is 11.6 Å². The summed E-state index contributed by atoms with van der Waals surface area (Å²) in [6.45, 7) is 2.70. The van der Waals surface area contributed by atoms with Crippen LogP contribution in [0.2, 0.25) is 5.02 Å². The number of nitrogens with zero attached hydrogens (tertiary/aromatic N) is 2. The van der Waals surface area contributed by atoms with Gasteiger partial charge in [0.25, 0.3) is 0 Å². The number of hydrogen-bond donors (Lipinski definition) is 1. The van der Waals surface area contributed by atoms with E-state index in [1.165, 1.54) is 0 Å². The van der Waals surface area contributed by atoms with Crippen molar-refractivity contribution in [2.45, 2.75) is 13.5 Å². The van der Waals surface area contributed by atoms with Crippen molar-refractivity contribution in [3.8, 4) is 11.6 Å². The first-order chi connectivity index (χ1) is 8.61. The largest absolute Gasteiger partial charge is 0.439 e. The molecule has 1 aromatic heterocycles. The molecule has 0 bridgehead atoms. The number of aromatic nitrogens is 2. The molecule has 0 spiro atoms. The minimum Gasteiger partial charge on any atom is -0.439 e. The van der Waals surface area contributed by atoms with Crippen LogP contribution in [0.25, 0.3) is 0 Å². The van der Waals surface area contributed by atoms with E-state index in [0.717, 1.165) is 29.4 Å². The molecule has 0 saturated carbocycles. The Labute approximate surface area is 112 Å². The van der Waals surface area contributed by atoms with Gasteiger partial charge in [0, 0.05) is 18.6 Å². The summed E-state index contributed by atoms with van der Waals surface area (Å²) in [4.78, 5) is 0. The smallest absolute Gasteiger partial charge is 0.222 e. The first-order valence-corrected chi connectivity index (χ1v) is 6.10. The fourth-order valence-electron chi connectivity index (χ4n) is 1.80. The number of hydrogen-bond acceptors (Lipinski definition) is 3. The lowest BCUT2D eigenvalue weighted by atomic mass is 10.2. The van der Waals surface area contributed by atoms with Gasteiger partial charge in [0.2, 0.25) is 5.88 Å².